The Kier molecular flexibility index (Phi) is 4.62. The molecule has 0 fully saturated rings. The van der Waals surface area contributed by atoms with Crippen LogP contribution in [-0.4, -0.2) is 26.6 Å². The Morgan fingerprint density at radius 2 is 1.96 bits per heavy atom. The van der Waals surface area contributed by atoms with E-state index < -0.39 is 5.91 Å². The highest BCUT2D eigenvalue weighted by atomic mass is 32.1. The van der Waals surface area contributed by atoms with E-state index in [1.54, 1.807) is 17.0 Å². The number of aromatic nitrogens is 3. The molecule has 3 N–H and O–H groups in total. The summed E-state index contributed by atoms with van der Waals surface area (Å²) in [6, 6.07) is 9.62. The average molecular weight is 355 g/mol. The molecule has 0 spiro atoms. The molecular weight excluding hydrogens is 338 g/mol. The van der Waals surface area contributed by atoms with Crippen molar-refractivity contribution in [2.24, 2.45) is 5.73 Å². The van der Waals surface area contributed by atoms with Gasteiger partial charge in [-0.25, -0.2) is 9.67 Å². The van der Waals surface area contributed by atoms with Gasteiger partial charge in [0.15, 0.2) is 5.13 Å². The van der Waals surface area contributed by atoms with E-state index in [2.05, 4.69) is 15.4 Å². The van der Waals surface area contributed by atoms with E-state index in [1.165, 1.54) is 11.3 Å². The average Bonchev–Trinajstić information content (AvgIpc) is 3.11. The van der Waals surface area contributed by atoms with Crippen LogP contribution in [0.25, 0.3) is 5.69 Å². The molecule has 8 heteroatoms. The Morgan fingerprint density at radius 1 is 1.24 bits per heavy atom. The Labute approximate surface area is 148 Å². The second-order valence-corrected chi connectivity index (χ2v) is 6.39. The molecule has 7 nitrogen and oxygen atoms in total. The molecule has 0 atom stereocenters. The number of nitrogens with two attached hydrogens (primary N) is 1. The predicted octanol–water partition coefficient (Wildman–Crippen LogP) is 2.23. The minimum atomic E-state index is -0.459. The third-order valence-corrected chi connectivity index (χ3v) is 4.45. The second kappa shape index (κ2) is 6.86. The van der Waals surface area contributed by atoms with E-state index in [0.29, 0.717) is 22.1 Å². The minimum absolute atomic E-state index is 0.0520. The summed E-state index contributed by atoms with van der Waals surface area (Å²) in [7, 11) is 0. The molecule has 0 saturated heterocycles. The highest BCUT2D eigenvalue weighted by molar-refractivity contribution is 7.14. The summed E-state index contributed by atoms with van der Waals surface area (Å²) in [6.07, 6.45) is 0.0520. The van der Waals surface area contributed by atoms with Crippen LogP contribution in [0, 0.1) is 13.8 Å². The van der Waals surface area contributed by atoms with Gasteiger partial charge in [0.25, 0.3) is 5.91 Å². The minimum Gasteiger partial charge on any atom is -0.369 e. The standard InChI is InChI=1S/C17H17N5O2S/c1-10-15(11(2)22(21-10)13-6-4-3-5-7-13)16(24)20-17-19-12(9-25-17)8-14(18)23/h3-7,9H,8H2,1-2H3,(H2,18,23)(H,19,20,24). The molecule has 25 heavy (non-hydrogen) atoms. The number of carbonyl (C=O) groups is 2. The first kappa shape index (κ1) is 16.8. The van der Waals surface area contributed by atoms with E-state index in [1.807, 2.05) is 37.3 Å². The fourth-order valence-corrected chi connectivity index (χ4v) is 3.28. The molecule has 0 unspecified atom stereocenters. The lowest BCUT2D eigenvalue weighted by Gasteiger charge is -2.05. The van der Waals surface area contributed by atoms with Crippen LogP contribution in [0.15, 0.2) is 35.7 Å². The third kappa shape index (κ3) is 3.58. The molecule has 2 heterocycles. The molecule has 3 rings (SSSR count). The highest BCUT2D eigenvalue weighted by Gasteiger charge is 2.20. The molecule has 0 radical (unpaired) electrons. The van der Waals surface area contributed by atoms with E-state index in [9.17, 15) is 9.59 Å². The Bertz CT molecular complexity index is 930. The van der Waals surface area contributed by atoms with Gasteiger partial charge in [-0.2, -0.15) is 5.10 Å². The number of nitrogens with one attached hydrogen (secondary N) is 1. The molecular formula is C17H17N5O2S. The number of thiazole rings is 1. The number of hydrogen-bond acceptors (Lipinski definition) is 5. The summed E-state index contributed by atoms with van der Waals surface area (Å²) in [5.41, 5.74) is 8.47. The number of benzene rings is 1. The predicted molar refractivity (Wildman–Crippen MR) is 96.0 cm³/mol. The molecule has 0 aliphatic rings. The number of primary amides is 1. The van der Waals surface area contributed by atoms with Crippen molar-refractivity contribution in [3.05, 3.63) is 58.4 Å². The number of amides is 2. The van der Waals surface area contributed by atoms with Crippen molar-refractivity contribution in [2.75, 3.05) is 5.32 Å². The molecule has 1 aromatic carbocycles. The SMILES string of the molecule is Cc1nn(-c2ccccc2)c(C)c1C(=O)Nc1nc(CC(N)=O)cs1. The van der Waals surface area contributed by atoms with E-state index in [-0.39, 0.29) is 12.3 Å². The summed E-state index contributed by atoms with van der Waals surface area (Å²) < 4.78 is 1.74. The van der Waals surface area contributed by atoms with Crippen molar-refractivity contribution < 1.29 is 9.59 Å². The number of carbonyl (C=O) groups excluding carboxylic acids is 2. The summed E-state index contributed by atoms with van der Waals surface area (Å²) in [4.78, 5) is 27.8. The van der Waals surface area contributed by atoms with Gasteiger partial charge in [0.2, 0.25) is 5.91 Å². The van der Waals surface area contributed by atoms with Crippen LogP contribution < -0.4 is 11.1 Å². The lowest BCUT2D eigenvalue weighted by Crippen LogP contribution is -2.15. The van der Waals surface area contributed by atoms with Gasteiger partial charge in [0, 0.05) is 5.38 Å². The van der Waals surface area contributed by atoms with E-state index in [0.717, 1.165) is 11.4 Å². The molecule has 0 aliphatic heterocycles. The maximum atomic E-state index is 12.6. The summed E-state index contributed by atoms with van der Waals surface area (Å²) in [5, 5.41) is 9.35. The van der Waals surface area contributed by atoms with Gasteiger partial charge in [-0.05, 0) is 26.0 Å². The van der Waals surface area contributed by atoms with Gasteiger partial charge in [-0.1, -0.05) is 18.2 Å². The topological polar surface area (TPSA) is 103 Å². The summed E-state index contributed by atoms with van der Waals surface area (Å²) in [5.74, 6) is -0.740. The van der Waals surface area contributed by atoms with Gasteiger partial charge in [0.05, 0.1) is 34.8 Å². The second-order valence-electron chi connectivity index (χ2n) is 5.53. The smallest absolute Gasteiger partial charge is 0.261 e. The lowest BCUT2D eigenvalue weighted by atomic mass is 10.2. The first-order chi connectivity index (χ1) is 12.0. The quantitative estimate of drug-likeness (QED) is 0.732. The fraction of sp³-hybridized carbons (Fsp3) is 0.176. The van der Waals surface area contributed by atoms with Gasteiger partial charge >= 0.3 is 0 Å². The number of rotatable bonds is 5. The van der Waals surface area contributed by atoms with Crippen molar-refractivity contribution in [1.29, 1.82) is 0 Å². The number of aryl methyl sites for hydroxylation is 1. The van der Waals surface area contributed by atoms with Crippen LogP contribution in [0.3, 0.4) is 0 Å². The lowest BCUT2D eigenvalue weighted by molar-refractivity contribution is -0.117. The van der Waals surface area contributed by atoms with Crippen LogP contribution >= 0.6 is 11.3 Å². The Hall–Kier alpha value is -3.00. The first-order valence-electron chi connectivity index (χ1n) is 7.61. The third-order valence-electron chi connectivity index (χ3n) is 3.65. The highest BCUT2D eigenvalue weighted by Crippen LogP contribution is 2.21. The monoisotopic (exact) mass is 355 g/mol. The molecule has 0 aliphatic carbocycles. The largest absolute Gasteiger partial charge is 0.369 e. The van der Waals surface area contributed by atoms with Crippen molar-refractivity contribution in [3.8, 4) is 5.69 Å². The molecule has 2 amide bonds. The summed E-state index contributed by atoms with van der Waals surface area (Å²) >= 11 is 1.25. The van der Waals surface area contributed by atoms with Crippen molar-refractivity contribution in [1.82, 2.24) is 14.8 Å². The van der Waals surface area contributed by atoms with Gasteiger partial charge < -0.3 is 5.73 Å². The zero-order chi connectivity index (χ0) is 18.0. The van der Waals surface area contributed by atoms with Gasteiger partial charge in [-0.15, -0.1) is 11.3 Å². The van der Waals surface area contributed by atoms with Crippen molar-refractivity contribution >= 4 is 28.3 Å². The number of hydrogen-bond donors (Lipinski definition) is 2. The van der Waals surface area contributed by atoms with Crippen molar-refractivity contribution in [3.63, 3.8) is 0 Å². The van der Waals surface area contributed by atoms with Crippen LogP contribution in [-0.2, 0) is 11.2 Å². The molecule has 128 valence electrons. The molecule has 0 bridgehead atoms. The maximum absolute atomic E-state index is 12.6. The first-order valence-corrected chi connectivity index (χ1v) is 8.49. The normalized spacial score (nSPS) is 10.6. The number of nitrogens with zero attached hydrogens (tertiary/aromatic N) is 3. The van der Waals surface area contributed by atoms with Crippen LogP contribution in [0.2, 0.25) is 0 Å². The zero-order valence-corrected chi connectivity index (χ0v) is 14.6. The number of anilines is 1. The summed E-state index contributed by atoms with van der Waals surface area (Å²) in [6.45, 7) is 3.64. The van der Waals surface area contributed by atoms with Crippen LogP contribution in [0.5, 0.6) is 0 Å². The number of para-hydroxylation sites is 1. The van der Waals surface area contributed by atoms with Gasteiger partial charge in [-0.3, -0.25) is 14.9 Å². The Balaban J connectivity index is 1.84. The van der Waals surface area contributed by atoms with Gasteiger partial charge in [0.1, 0.15) is 0 Å². The zero-order valence-electron chi connectivity index (χ0n) is 13.8. The van der Waals surface area contributed by atoms with Crippen LogP contribution in [0.1, 0.15) is 27.4 Å². The van der Waals surface area contributed by atoms with E-state index in [4.69, 9.17) is 5.73 Å². The molecule has 3 aromatic rings. The fourth-order valence-electron chi connectivity index (χ4n) is 2.58. The molecule has 0 saturated carbocycles. The van der Waals surface area contributed by atoms with Crippen LogP contribution in [0.4, 0.5) is 5.13 Å². The Morgan fingerprint density at radius 3 is 2.64 bits per heavy atom. The molecule has 2 aromatic heterocycles. The van der Waals surface area contributed by atoms with E-state index >= 15 is 0 Å². The maximum Gasteiger partial charge on any atom is 0.261 e. The van der Waals surface area contributed by atoms with Crippen molar-refractivity contribution in [2.45, 2.75) is 20.3 Å².